The molecule has 2 rings (SSSR count). The van der Waals surface area contributed by atoms with Crippen LogP contribution < -0.4 is 10.5 Å². The third kappa shape index (κ3) is 1.91. The zero-order chi connectivity index (χ0) is 11.3. The highest BCUT2D eigenvalue weighted by atomic mass is 32.2. The van der Waals surface area contributed by atoms with Gasteiger partial charge in [0.15, 0.2) is 0 Å². The highest BCUT2D eigenvalue weighted by Gasteiger charge is 2.46. The van der Waals surface area contributed by atoms with Crippen LogP contribution in [0.1, 0.15) is 25.7 Å². The summed E-state index contributed by atoms with van der Waals surface area (Å²) in [5.74, 6) is -0.596. The van der Waals surface area contributed by atoms with Gasteiger partial charge in [0, 0.05) is 0 Å². The van der Waals surface area contributed by atoms with Crippen LogP contribution in [-0.2, 0) is 14.8 Å². The van der Waals surface area contributed by atoms with E-state index in [1.165, 1.54) is 0 Å². The Balaban J connectivity index is 2.01. The second kappa shape index (κ2) is 3.05. The van der Waals surface area contributed by atoms with Crippen LogP contribution in [0.15, 0.2) is 12.2 Å². The van der Waals surface area contributed by atoms with Crippen molar-refractivity contribution in [2.75, 3.05) is 0 Å². The molecule has 0 aromatic carbocycles. The largest absolute Gasteiger partial charge is 0.317 e. The van der Waals surface area contributed by atoms with E-state index in [0.29, 0.717) is 25.7 Å². The molecule has 0 spiro atoms. The van der Waals surface area contributed by atoms with E-state index in [1.807, 2.05) is 4.72 Å². The van der Waals surface area contributed by atoms with Gasteiger partial charge in [0.05, 0.1) is 5.25 Å². The number of carbonyl (C=O) groups excluding carboxylic acids is 1. The molecule has 84 valence electrons. The number of hydrogen-bond donors (Lipinski definition) is 2. The van der Waals surface area contributed by atoms with E-state index < -0.39 is 26.7 Å². The topological polar surface area (TPSA) is 89.3 Å². The molecule has 2 aliphatic carbocycles. The Labute approximate surface area is 88.8 Å². The molecule has 0 aliphatic heterocycles. The molecule has 0 atom stereocenters. The summed E-state index contributed by atoms with van der Waals surface area (Å²) < 4.78 is 25.0. The number of amides is 1. The van der Waals surface area contributed by atoms with Gasteiger partial charge in [-0.25, -0.2) is 8.42 Å². The molecule has 0 saturated heterocycles. The summed E-state index contributed by atoms with van der Waals surface area (Å²) in [4.78, 5) is 11.6. The summed E-state index contributed by atoms with van der Waals surface area (Å²) in [6, 6.07) is 0. The smallest absolute Gasteiger partial charge is 0.254 e. The zero-order valence-electron chi connectivity index (χ0n) is 8.32. The van der Waals surface area contributed by atoms with Gasteiger partial charge in [0.25, 0.3) is 5.91 Å². The van der Waals surface area contributed by atoms with Crippen molar-refractivity contribution in [3.8, 4) is 0 Å². The zero-order valence-corrected chi connectivity index (χ0v) is 9.14. The number of nitrogens with one attached hydrogen (secondary N) is 1. The van der Waals surface area contributed by atoms with Crippen molar-refractivity contribution >= 4 is 15.9 Å². The summed E-state index contributed by atoms with van der Waals surface area (Å²) in [5, 5.41) is -0.395. The maximum Gasteiger partial charge on any atom is 0.254 e. The molecule has 2 fully saturated rings. The Bertz CT molecular complexity index is 415. The fraction of sp³-hybridized carbons (Fsp3) is 0.667. The Morgan fingerprint density at radius 2 is 2.00 bits per heavy atom. The molecule has 0 aromatic rings. The Morgan fingerprint density at radius 3 is 2.40 bits per heavy atom. The second-order valence-corrected chi connectivity index (χ2v) is 6.40. The molecule has 1 amide bonds. The highest BCUT2D eigenvalue weighted by molar-refractivity contribution is 7.90. The third-order valence-corrected chi connectivity index (χ3v) is 4.60. The van der Waals surface area contributed by atoms with Crippen molar-refractivity contribution in [2.24, 2.45) is 5.73 Å². The molecule has 2 saturated carbocycles. The molecule has 0 bridgehead atoms. The van der Waals surface area contributed by atoms with Gasteiger partial charge in [0.2, 0.25) is 10.0 Å². The molecule has 3 N–H and O–H groups in total. The van der Waals surface area contributed by atoms with Gasteiger partial charge in [-0.15, -0.1) is 0 Å². The van der Waals surface area contributed by atoms with E-state index >= 15 is 0 Å². The van der Waals surface area contributed by atoms with Gasteiger partial charge in [-0.1, -0.05) is 12.2 Å². The molecule has 5 nitrogen and oxygen atoms in total. The van der Waals surface area contributed by atoms with Gasteiger partial charge in [-0.2, -0.15) is 0 Å². The molecule has 0 heterocycles. The maximum atomic E-state index is 11.6. The van der Waals surface area contributed by atoms with Crippen molar-refractivity contribution in [2.45, 2.75) is 36.5 Å². The predicted octanol–water partition coefficient (Wildman–Crippen LogP) is -0.358. The minimum atomic E-state index is -3.47. The fourth-order valence-electron chi connectivity index (χ4n) is 1.69. The van der Waals surface area contributed by atoms with Crippen LogP contribution in [0.2, 0.25) is 0 Å². The molecule has 2 aliphatic rings. The average molecular weight is 230 g/mol. The molecule has 0 unspecified atom stereocenters. The van der Waals surface area contributed by atoms with E-state index in [0.717, 1.165) is 5.57 Å². The summed E-state index contributed by atoms with van der Waals surface area (Å²) in [6.45, 7) is 3.67. The van der Waals surface area contributed by atoms with Crippen LogP contribution in [0.25, 0.3) is 0 Å². The normalized spacial score (nSPS) is 24.5. The summed E-state index contributed by atoms with van der Waals surface area (Å²) in [5.41, 5.74) is 5.56. The Hall–Kier alpha value is -0.880. The monoisotopic (exact) mass is 230 g/mol. The van der Waals surface area contributed by atoms with E-state index in [9.17, 15) is 13.2 Å². The van der Waals surface area contributed by atoms with Crippen LogP contribution in [0.3, 0.4) is 0 Å². The SMILES string of the molecule is C=C1CC(N)(C(=O)NS(=O)(=O)C2CC2)C1. The first-order valence-electron chi connectivity index (χ1n) is 4.85. The van der Waals surface area contributed by atoms with Crippen LogP contribution >= 0.6 is 0 Å². The first-order chi connectivity index (χ1) is 6.83. The van der Waals surface area contributed by atoms with Crippen molar-refractivity contribution < 1.29 is 13.2 Å². The molecular formula is C9H14N2O3S. The molecule has 15 heavy (non-hydrogen) atoms. The van der Waals surface area contributed by atoms with E-state index in [4.69, 9.17) is 5.73 Å². The lowest BCUT2D eigenvalue weighted by Gasteiger charge is -2.37. The maximum absolute atomic E-state index is 11.6. The minimum Gasteiger partial charge on any atom is -0.317 e. The fourth-order valence-corrected chi connectivity index (χ4v) is 3.08. The van der Waals surface area contributed by atoms with Crippen LogP contribution in [0.5, 0.6) is 0 Å². The molecular weight excluding hydrogens is 216 g/mol. The van der Waals surface area contributed by atoms with Gasteiger partial charge in [-0.05, 0) is 25.7 Å². The van der Waals surface area contributed by atoms with Crippen molar-refractivity contribution in [1.29, 1.82) is 0 Å². The highest BCUT2D eigenvalue weighted by Crippen LogP contribution is 2.35. The minimum absolute atomic E-state index is 0.374. The van der Waals surface area contributed by atoms with Crippen molar-refractivity contribution in [3.05, 3.63) is 12.2 Å². The molecule has 6 heteroatoms. The van der Waals surface area contributed by atoms with Gasteiger partial charge >= 0.3 is 0 Å². The quantitative estimate of drug-likeness (QED) is 0.648. The van der Waals surface area contributed by atoms with Gasteiger partial charge in [0.1, 0.15) is 5.54 Å². The van der Waals surface area contributed by atoms with Crippen LogP contribution in [0, 0.1) is 0 Å². The predicted molar refractivity (Wildman–Crippen MR) is 55.4 cm³/mol. The Kier molecular flexibility index (Phi) is 2.16. The van der Waals surface area contributed by atoms with Gasteiger partial charge in [-0.3, -0.25) is 9.52 Å². The number of carbonyl (C=O) groups is 1. The first kappa shape index (κ1) is 10.6. The second-order valence-electron chi connectivity index (χ2n) is 4.44. The van der Waals surface area contributed by atoms with Crippen LogP contribution in [-0.4, -0.2) is 25.1 Å². The summed E-state index contributed by atoms with van der Waals surface area (Å²) in [6.07, 6.45) is 2.01. The number of hydrogen-bond acceptors (Lipinski definition) is 4. The van der Waals surface area contributed by atoms with Crippen molar-refractivity contribution in [3.63, 3.8) is 0 Å². The molecule has 0 radical (unpaired) electrons. The first-order valence-corrected chi connectivity index (χ1v) is 6.40. The van der Waals surface area contributed by atoms with E-state index in [1.54, 1.807) is 0 Å². The standard InChI is InChI=1S/C9H14N2O3S/c1-6-4-9(10,5-6)8(12)11-15(13,14)7-2-3-7/h7H,1-5,10H2,(H,11,12). The lowest BCUT2D eigenvalue weighted by molar-refractivity contribution is -0.125. The van der Waals surface area contributed by atoms with E-state index in [-0.39, 0.29) is 0 Å². The van der Waals surface area contributed by atoms with Crippen LogP contribution in [0.4, 0.5) is 0 Å². The lowest BCUT2D eigenvalue weighted by Crippen LogP contribution is -2.60. The van der Waals surface area contributed by atoms with Crippen molar-refractivity contribution in [1.82, 2.24) is 4.72 Å². The average Bonchev–Trinajstić information content (AvgIpc) is 2.82. The number of nitrogens with two attached hydrogens (primary N) is 1. The molecule has 0 aromatic heterocycles. The summed E-state index contributed by atoms with van der Waals surface area (Å²) in [7, 11) is -3.47. The van der Waals surface area contributed by atoms with Gasteiger partial charge < -0.3 is 5.73 Å². The number of rotatable bonds is 3. The summed E-state index contributed by atoms with van der Waals surface area (Å²) >= 11 is 0. The lowest BCUT2D eigenvalue weighted by atomic mass is 9.74. The number of sulfonamides is 1. The third-order valence-electron chi connectivity index (χ3n) is 2.78. The Morgan fingerprint density at radius 1 is 1.47 bits per heavy atom. The van der Waals surface area contributed by atoms with E-state index in [2.05, 4.69) is 6.58 Å².